The SMILES string of the molecule is COc1cc(Cn2ccc(C(N)C3CC3)c2)ccc1C#N. The maximum absolute atomic E-state index is 9.00. The summed E-state index contributed by atoms with van der Waals surface area (Å²) in [5.74, 6) is 1.29. The quantitative estimate of drug-likeness (QED) is 0.916. The van der Waals surface area contributed by atoms with E-state index in [2.05, 4.69) is 29.1 Å². The lowest BCUT2D eigenvalue weighted by molar-refractivity contribution is 0.413. The van der Waals surface area contributed by atoms with Crippen molar-refractivity contribution in [1.82, 2.24) is 4.57 Å². The number of ether oxygens (including phenoxy) is 1. The van der Waals surface area contributed by atoms with E-state index in [4.69, 9.17) is 15.7 Å². The van der Waals surface area contributed by atoms with E-state index in [1.54, 1.807) is 13.2 Å². The van der Waals surface area contributed by atoms with Crippen LogP contribution < -0.4 is 10.5 Å². The first-order valence-electron chi connectivity index (χ1n) is 7.19. The Bertz CT molecular complexity index is 680. The minimum absolute atomic E-state index is 0.168. The highest BCUT2D eigenvalue weighted by molar-refractivity contribution is 5.45. The number of rotatable bonds is 5. The molecule has 4 nitrogen and oxygen atoms in total. The summed E-state index contributed by atoms with van der Waals surface area (Å²) in [5.41, 5.74) is 9.09. The first-order chi connectivity index (χ1) is 10.2. The third-order valence-corrected chi connectivity index (χ3v) is 4.04. The molecule has 108 valence electrons. The van der Waals surface area contributed by atoms with Crippen LogP contribution in [0.4, 0.5) is 0 Å². The smallest absolute Gasteiger partial charge is 0.136 e. The van der Waals surface area contributed by atoms with Crippen molar-refractivity contribution in [1.29, 1.82) is 5.26 Å². The van der Waals surface area contributed by atoms with Crippen LogP contribution in [0.15, 0.2) is 36.7 Å². The van der Waals surface area contributed by atoms with E-state index in [1.165, 1.54) is 18.4 Å². The molecule has 1 fully saturated rings. The van der Waals surface area contributed by atoms with Crippen LogP contribution in [0.2, 0.25) is 0 Å². The van der Waals surface area contributed by atoms with Gasteiger partial charge in [0.05, 0.1) is 12.7 Å². The number of aromatic nitrogens is 1. The molecule has 0 radical (unpaired) electrons. The molecule has 0 amide bonds. The Hall–Kier alpha value is -2.25. The van der Waals surface area contributed by atoms with Crippen LogP contribution in [0.3, 0.4) is 0 Å². The Morgan fingerprint density at radius 2 is 2.24 bits per heavy atom. The van der Waals surface area contributed by atoms with E-state index in [9.17, 15) is 0 Å². The van der Waals surface area contributed by atoms with Gasteiger partial charge in [0, 0.05) is 25.0 Å². The summed E-state index contributed by atoms with van der Waals surface area (Å²) in [4.78, 5) is 0. The van der Waals surface area contributed by atoms with Gasteiger partial charge in [-0.15, -0.1) is 0 Å². The number of nitrogens with two attached hydrogens (primary N) is 1. The maximum Gasteiger partial charge on any atom is 0.136 e. The summed E-state index contributed by atoms with van der Waals surface area (Å²) < 4.78 is 7.37. The van der Waals surface area contributed by atoms with Crippen LogP contribution in [0.5, 0.6) is 5.75 Å². The average Bonchev–Trinajstić information content (AvgIpc) is 3.26. The van der Waals surface area contributed by atoms with Crippen LogP contribution in [0, 0.1) is 17.2 Å². The molecule has 1 heterocycles. The van der Waals surface area contributed by atoms with Gasteiger partial charge in [0.15, 0.2) is 0 Å². The van der Waals surface area contributed by atoms with Crippen molar-refractivity contribution in [2.24, 2.45) is 11.7 Å². The first kappa shape index (κ1) is 13.7. The van der Waals surface area contributed by atoms with Gasteiger partial charge in [0.25, 0.3) is 0 Å². The van der Waals surface area contributed by atoms with E-state index in [0.717, 1.165) is 12.1 Å². The molecule has 0 bridgehead atoms. The summed E-state index contributed by atoms with van der Waals surface area (Å²) in [6, 6.07) is 10.1. The summed E-state index contributed by atoms with van der Waals surface area (Å²) in [5, 5.41) is 9.00. The molecular formula is C17H19N3O. The van der Waals surface area contributed by atoms with Gasteiger partial charge in [-0.3, -0.25) is 0 Å². The van der Waals surface area contributed by atoms with Crippen LogP contribution in [0.25, 0.3) is 0 Å². The third kappa shape index (κ3) is 2.93. The Morgan fingerprint density at radius 3 is 2.90 bits per heavy atom. The second-order valence-corrected chi connectivity index (χ2v) is 5.63. The molecule has 1 aromatic heterocycles. The second kappa shape index (κ2) is 5.63. The van der Waals surface area contributed by atoms with E-state index in [-0.39, 0.29) is 6.04 Å². The lowest BCUT2D eigenvalue weighted by atomic mass is 10.1. The number of nitriles is 1. The van der Waals surface area contributed by atoms with Crippen molar-refractivity contribution in [3.63, 3.8) is 0 Å². The molecule has 0 saturated heterocycles. The zero-order valence-corrected chi connectivity index (χ0v) is 12.1. The Morgan fingerprint density at radius 1 is 1.43 bits per heavy atom. The maximum atomic E-state index is 9.00. The van der Waals surface area contributed by atoms with Crippen molar-refractivity contribution < 1.29 is 4.74 Å². The monoisotopic (exact) mass is 281 g/mol. The van der Waals surface area contributed by atoms with E-state index in [1.807, 2.05) is 12.1 Å². The fourth-order valence-electron chi connectivity index (χ4n) is 2.62. The number of hydrogen-bond donors (Lipinski definition) is 1. The average molecular weight is 281 g/mol. The van der Waals surface area contributed by atoms with E-state index >= 15 is 0 Å². The zero-order chi connectivity index (χ0) is 14.8. The molecule has 1 saturated carbocycles. The standard InChI is InChI=1S/C17H19N3O/c1-21-16-8-12(2-3-14(16)9-18)10-20-7-6-15(11-20)17(19)13-4-5-13/h2-3,6-8,11,13,17H,4-5,10,19H2,1H3. The summed E-state index contributed by atoms with van der Waals surface area (Å²) >= 11 is 0. The number of hydrogen-bond acceptors (Lipinski definition) is 3. The summed E-state index contributed by atoms with van der Waals surface area (Å²) in [7, 11) is 1.59. The number of methoxy groups -OCH3 is 1. The predicted molar refractivity (Wildman–Crippen MR) is 80.9 cm³/mol. The molecule has 0 spiro atoms. The molecule has 4 heteroatoms. The minimum Gasteiger partial charge on any atom is -0.495 e. The highest BCUT2D eigenvalue weighted by Gasteiger charge is 2.29. The molecule has 21 heavy (non-hydrogen) atoms. The molecule has 3 rings (SSSR count). The fourth-order valence-corrected chi connectivity index (χ4v) is 2.62. The zero-order valence-electron chi connectivity index (χ0n) is 12.1. The predicted octanol–water partition coefficient (Wildman–Crippen LogP) is 2.83. The lowest BCUT2D eigenvalue weighted by Gasteiger charge is -2.09. The van der Waals surface area contributed by atoms with Crippen molar-refractivity contribution >= 4 is 0 Å². The van der Waals surface area contributed by atoms with Gasteiger partial charge in [-0.2, -0.15) is 5.26 Å². The van der Waals surface area contributed by atoms with Crippen molar-refractivity contribution in [3.8, 4) is 11.8 Å². The molecule has 1 unspecified atom stereocenters. The Balaban J connectivity index is 1.76. The molecule has 1 aliphatic rings. The van der Waals surface area contributed by atoms with Crippen LogP contribution in [0.1, 0.15) is 35.6 Å². The largest absolute Gasteiger partial charge is 0.495 e. The fraction of sp³-hybridized carbons (Fsp3) is 0.353. The molecule has 2 N–H and O–H groups in total. The highest BCUT2D eigenvalue weighted by atomic mass is 16.5. The van der Waals surface area contributed by atoms with Gasteiger partial charge < -0.3 is 15.0 Å². The minimum atomic E-state index is 0.168. The van der Waals surface area contributed by atoms with Crippen molar-refractivity contribution in [2.75, 3.05) is 7.11 Å². The summed E-state index contributed by atoms with van der Waals surface area (Å²) in [6.45, 7) is 0.749. The third-order valence-electron chi connectivity index (χ3n) is 4.04. The second-order valence-electron chi connectivity index (χ2n) is 5.63. The normalized spacial score (nSPS) is 15.5. The van der Waals surface area contributed by atoms with Gasteiger partial charge >= 0.3 is 0 Å². The van der Waals surface area contributed by atoms with Gasteiger partial charge in [-0.1, -0.05) is 6.07 Å². The summed E-state index contributed by atoms with van der Waals surface area (Å²) in [6.07, 6.45) is 6.67. The van der Waals surface area contributed by atoms with Gasteiger partial charge in [0.2, 0.25) is 0 Å². The molecule has 1 aliphatic carbocycles. The Labute approximate surface area is 124 Å². The van der Waals surface area contributed by atoms with Gasteiger partial charge in [0.1, 0.15) is 11.8 Å². The molecule has 2 aromatic rings. The lowest BCUT2D eigenvalue weighted by Crippen LogP contribution is -2.11. The van der Waals surface area contributed by atoms with Crippen LogP contribution in [-0.2, 0) is 6.54 Å². The molecule has 0 aliphatic heterocycles. The van der Waals surface area contributed by atoms with Crippen molar-refractivity contribution in [3.05, 3.63) is 53.3 Å². The first-order valence-corrected chi connectivity index (χ1v) is 7.19. The van der Waals surface area contributed by atoms with Crippen LogP contribution in [-0.4, -0.2) is 11.7 Å². The molecular weight excluding hydrogens is 262 g/mol. The van der Waals surface area contributed by atoms with Gasteiger partial charge in [-0.05, 0) is 48.1 Å². The van der Waals surface area contributed by atoms with Crippen molar-refractivity contribution in [2.45, 2.75) is 25.4 Å². The van der Waals surface area contributed by atoms with Crippen LogP contribution >= 0.6 is 0 Å². The molecule has 1 aromatic carbocycles. The number of benzene rings is 1. The Kier molecular flexibility index (Phi) is 3.68. The number of nitrogens with zero attached hydrogens (tertiary/aromatic N) is 2. The van der Waals surface area contributed by atoms with E-state index < -0.39 is 0 Å². The molecule has 1 atom stereocenters. The van der Waals surface area contributed by atoms with E-state index in [0.29, 0.717) is 17.2 Å². The van der Waals surface area contributed by atoms with Gasteiger partial charge in [-0.25, -0.2) is 0 Å². The highest BCUT2D eigenvalue weighted by Crippen LogP contribution is 2.39. The topological polar surface area (TPSA) is 64.0 Å².